The third-order valence-electron chi connectivity index (χ3n) is 5.44. The summed E-state index contributed by atoms with van der Waals surface area (Å²) in [6.45, 7) is 3.15. The van der Waals surface area contributed by atoms with E-state index in [1.165, 1.54) is 33.4 Å². The zero-order chi connectivity index (χ0) is 18.5. The average molecular weight is 354 g/mol. The largest absolute Gasteiger partial charge is 0.310 e. The summed E-state index contributed by atoms with van der Waals surface area (Å²) in [5, 5.41) is 3.68. The second-order valence-corrected chi connectivity index (χ2v) is 7.43. The van der Waals surface area contributed by atoms with Gasteiger partial charge in [-0.05, 0) is 59.6 Å². The highest BCUT2D eigenvalue weighted by atomic mass is 14.9. The molecule has 1 unspecified atom stereocenters. The van der Waals surface area contributed by atoms with Crippen molar-refractivity contribution in [2.45, 2.75) is 32.2 Å². The van der Waals surface area contributed by atoms with Gasteiger partial charge in [0.1, 0.15) is 0 Å². The van der Waals surface area contributed by atoms with Crippen molar-refractivity contribution < 1.29 is 0 Å². The fourth-order valence-electron chi connectivity index (χ4n) is 4.04. The zero-order valence-electron chi connectivity index (χ0n) is 16.0. The third kappa shape index (κ3) is 4.20. The lowest BCUT2D eigenvalue weighted by Crippen LogP contribution is -2.28. The monoisotopic (exact) mass is 353 g/mol. The van der Waals surface area contributed by atoms with Gasteiger partial charge in [0.15, 0.2) is 0 Å². The Morgan fingerprint density at radius 1 is 0.778 bits per heavy atom. The number of rotatable bonds is 5. The molecule has 0 spiro atoms. The van der Waals surface area contributed by atoms with Crippen LogP contribution in [-0.4, -0.2) is 12.6 Å². The molecule has 0 saturated heterocycles. The summed E-state index contributed by atoms with van der Waals surface area (Å²) in [6.07, 6.45) is 5.66. The van der Waals surface area contributed by atoms with Crippen LogP contribution in [-0.2, 0) is 19.3 Å². The number of nitrogens with one attached hydrogen (secondary N) is 1. The highest BCUT2D eigenvalue weighted by Crippen LogP contribution is 2.33. The molecule has 1 aliphatic rings. The Hall–Kier alpha value is -2.64. The minimum Gasteiger partial charge on any atom is -0.310 e. The molecule has 0 aromatic heterocycles. The van der Waals surface area contributed by atoms with Gasteiger partial charge >= 0.3 is 0 Å². The van der Waals surface area contributed by atoms with Crippen LogP contribution in [0, 0.1) is 0 Å². The van der Waals surface area contributed by atoms with E-state index in [1.54, 1.807) is 0 Å². The van der Waals surface area contributed by atoms with Crippen molar-refractivity contribution in [1.82, 2.24) is 5.32 Å². The van der Waals surface area contributed by atoms with Gasteiger partial charge < -0.3 is 5.32 Å². The van der Waals surface area contributed by atoms with Gasteiger partial charge in [0.05, 0.1) is 0 Å². The first kappa shape index (κ1) is 17.8. The third-order valence-corrected chi connectivity index (χ3v) is 5.44. The molecule has 0 aliphatic heterocycles. The molecule has 0 saturated carbocycles. The highest BCUT2D eigenvalue weighted by Gasteiger charge is 2.17. The Balaban J connectivity index is 1.55. The molecule has 1 nitrogen and oxygen atoms in total. The van der Waals surface area contributed by atoms with Crippen LogP contribution in [0.25, 0.3) is 5.57 Å². The first-order chi connectivity index (χ1) is 13.3. The predicted octanol–water partition coefficient (Wildman–Crippen LogP) is 5.44. The maximum Gasteiger partial charge on any atom is 0.0146 e. The van der Waals surface area contributed by atoms with Gasteiger partial charge in [-0.2, -0.15) is 0 Å². The number of aryl methyl sites for hydroxylation is 2. The molecule has 1 atom stereocenters. The molecule has 0 radical (unpaired) electrons. The summed E-state index contributed by atoms with van der Waals surface area (Å²) in [4.78, 5) is 0. The van der Waals surface area contributed by atoms with Crippen molar-refractivity contribution in [2.24, 2.45) is 0 Å². The Bertz CT molecular complexity index is 874. The molecule has 1 aliphatic carbocycles. The maximum absolute atomic E-state index is 3.68. The van der Waals surface area contributed by atoms with E-state index in [0.29, 0.717) is 6.04 Å². The Kier molecular flexibility index (Phi) is 5.50. The van der Waals surface area contributed by atoms with Gasteiger partial charge in [0, 0.05) is 12.6 Å². The Labute approximate surface area is 162 Å². The van der Waals surface area contributed by atoms with Gasteiger partial charge in [-0.25, -0.2) is 0 Å². The standard InChI is InChI=1S/C26H27N/c1-20(19-21-9-3-2-4-10-21)27-18-17-26-24-13-7-5-11-22(24)15-16-23-12-6-8-14-25(23)26/h2-14,17,20,27H,15-16,18-19H2,1H3. The van der Waals surface area contributed by atoms with Crippen molar-refractivity contribution in [2.75, 3.05) is 6.54 Å². The molecule has 27 heavy (non-hydrogen) atoms. The first-order valence-electron chi connectivity index (χ1n) is 9.95. The molecular formula is C26H27N. The second kappa shape index (κ2) is 8.37. The summed E-state index contributed by atoms with van der Waals surface area (Å²) in [5.41, 5.74) is 8.45. The van der Waals surface area contributed by atoms with Crippen molar-refractivity contribution in [3.8, 4) is 0 Å². The van der Waals surface area contributed by atoms with Gasteiger partial charge in [0.25, 0.3) is 0 Å². The Morgan fingerprint density at radius 3 is 1.96 bits per heavy atom. The van der Waals surface area contributed by atoms with E-state index in [2.05, 4.69) is 97.2 Å². The van der Waals surface area contributed by atoms with Gasteiger partial charge in [0.2, 0.25) is 0 Å². The van der Waals surface area contributed by atoms with Gasteiger partial charge in [-0.15, -0.1) is 0 Å². The van der Waals surface area contributed by atoms with Crippen LogP contribution in [0.4, 0.5) is 0 Å². The Morgan fingerprint density at radius 2 is 1.33 bits per heavy atom. The van der Waals surface area contributed by atoms with E-state index >= 15 is 0 Å². The van der Waals surface area contributed by atoms with Crippen molar-refractivity contribution in [3.05, 3.63) is 113 Å². The first-order valence-corrected chi connectivity index (χ1v) is 9.95. The quantitative estimate of drug-likeness (QED) is 0.644. The molecule has 3 aromatic carbocycles. The van der Waals surface area contributed by atoms with Crippen LogP contribution in [0.5, 0.6) is 0 Å². The van der Waals surface area contributed by atoms with E-state index in [4.69, 9.17) is 0 Å². The normalized spacial score (nSPS) is 14.0. The number of fused-ring (bicyclic) bond motifs is 2. The van der Waals surface area contributed by atoms with Gasteiger partial charge in [-0.3, -0.25) is 0 Å². The molecule has 0 fully saturated rings. The predicted molar refractivity (Wildman–Crippen MR) is 115 cm³/mol. The highest BCUT2D eigenvalue weighted by molar-refractivity contribution is 5.84. The average Bonchev–Trinajstić information content (AvgIpc) is 2.86. The summed E-state index contributed by atoms with van der Waals surface area (Å²) in [5.74, 6) is 0. The summed E-state index contributed by atoms with van der Waals surface area (Å²) in [6, 6.07) is 28.9. The van der Waals surface area contributed by atoms with Crippen LogP contribution < -0.4 is 5.32 Å². The van der Waals surface area contributed by atoms with Crippen LogP contribution in [0.15, 0.2) is 84.9 Å². The second-order valence-electron chi connectivity index (χ2n) is 7.43. The molecule has 1 heteroatoms. The molecule has 0 bridgehead atoms. The van der Waals surface area contributed by atoms with Crippen molar-refractivity contribution in [3.63, 3.8) is 0 Å². The van der Waals surface area contributed by atoms with E-state index in [1.807, 2.05) is 0 Å². The smallest absolute Gasteiger partial charge is 0.0146 e. The molecule has 136 valence electrons. The summed E-state index contributed by atoms with van der Waals surface area (Å²) >= 11 is 0. The molecule has 4 rings (SSSR count). The number of benzene rings is 3. The molecule has 1 N–H and O–H groups in total. The lowest BCUT2D eigenvalue weighted by Gasteiger charge is -2.15. The fourth-order valence-corrected chi connectivity index (χ4v) is 4.04. The van der Waals surface area contributed by atoms with E-state index < -0.39 is 0 Å². The summed E-state index contributed by atoms with van der Waals surface area (Å²) < 4.78 is 0. The molecular weight excluding hydrogens is 326 g/mol. The topological polar surface area (TPSA) is 12.0 Å². The number of hydrogen-bond donors (Lipinski definition) is 1. The van der Waals surface area contributed by atoms with Crippen LogP contribution in [0.1, 0.15) is 34.7 Å². The minimum atomic E-state index is 0.445. The van der Waals surface area contributed by atoms with Crippen LogP contribution in [0.3, 0.4) is 0 Å². The summed E-state index contributed by atoms with van der Waals surface area (Å²) in [7, 11) is 0. The fraction of sp³-hybridized carbons (Fsp3) is 0.231. The van der Waals surface area contributed by atoms with E-state index in [-0.39, 0.29) is 0 Å². The van der Waals surface area contributed by atoms with E-state index in [0.717, 1.165) is 25.8 Å². The minimum absolute atomic E-state index is 0.445. The molecule has 0 heterocycles. The SMILES string of the molecule is CC(Cc1ccccc1)NCC=C1c2ccccc2CCc2ccccc21. The van der Waals surface area contributed by atoms with E-state index in [9.17, 15) is 0 Å². The lowest BCUT2D eigenvalue weighted by atomic mass is 9.94. The zero-order valence-corrected chi connectivity index (χ0v) is 16.0. The molecule has 0 amide bonds. The number of hydrogen-bond acceptors (Lipinski definition) is 1. The van der Waals surface area contributed by atoms with Gasteiger partial charge in [-0.1, -0.05) is 84.9 Å². The maximum atomic E-state index is 3.68. The van der Waals surface area contributed by atoms with Crippen LogP contribution in [0.2, 0.25) is 0 Å². The lowest BCUT2D eigenvalue weighted by molar-refractivity contribution is 0.581. The van der Waals surface area contributed by atoms with Crippen molar-refractivity contribution in [1.29, 1.82) is 0 Å². The molecule has 3 aromatic rings. The van der Waals surface area contributed by atoms with Crippen LogP contribution >= 0.6 is 0 Å². The van der Waals surface area contributed by atoms with Crippen molar-refractivity contribution >= 4 is 5.57 Å².